The topological polar surface area (TPSA) is 62.1 Å². The van der Waals surface area contributed by atoms with Crippen LogP contribution in [0, 0.1) is 16.7 Å². The molecule has 2 aromatic rings. The van der Waals surface area contributed by atoms with Gasteiger partial charge >= 0.3 is 5.97 Å². The minimum Gasteiger partial charge on any atom is -0.466 e. The Kier molecular flexibility index (Phi) is 6.32. The Morgan fingerprint density at radius 3 is 2.48 bits per heavy atom. The third-order valence-corrected chi connectivity index (χ3v) is 4.04. The van der Waals surface area contributed by atoms with Gasteiger partial charge in [-0.1, -0.05) is 42.5 Å². The summed E-state index contributed by atoms with van der Waals surface area (Å²) in [6.07, 6.45) is 0. The van der Waals surface area contributed by atoms with Crippen LogP contribution < -0.4 is 5.32 Å². The molecule has 130 valence electrons. The summed E-state index contributed by atoms with van der Waals surface area (Å²) in [4.78, 5) is 11.9. The van der Waals surface area contributed by atoms with Crippen molar-refractivity contribution in [2.45, 2.75) is 27.3 Å². The molecule has 0 aliphatic heterocycles. The Hall–Kier alpha value is -2.64. The van der Waals surface area contributed by atoms with Crippen molar-refractivity contribution in [3.8, 4) is 17.2 Å². The van der Waals surface area contributed by atoms with Gasteiger partial charge in [0.15, 0.2) is 0 Å². The maximum Gasteiger partial charge on any atom is 0.312 e. The summed E-state index contributed by atoms with van der Waals surface area (Å²) < 4.78 is 5.09. The van der Waals surface area contributed by atoms with Gasteiger partial charge in [0, 0.05) is 13.1 Å². The molecule has 0 heterocycles. The summed E-state index contributed by atoms with van der Waals surface area (Å²) in [7, 11) is 0. The molecule has 0 saturated carbocycles. The molecule has 0 bridgehead atoms. The Labute approximate surface area is 149 Å². The summed E-state index contributed by atoms with van der Waals surface area (Å²) in [5, 5.41) is 12.5. The van der Waals surface area contributed by atoms with Gasteiger partial charge in [-0.15, -0.1) is 0 Å². The van der Waals surface area contributed by atoms with Crippen LogP contribution in [-0.4, -0.2) is 19.1 Å². The van der Waals surface area contributed by atoms with Gasteiger partial charge in [0.25, 0.3) is 0 Å². The van der Waals surface area contributed by atoms with E-state index in [-0.39, 0.29) is 5.97 Å². The molecule has 0 fully saturated rings. The minimum atomic E-state index is -0.554. The molecule has 0 aliphatic carbocycles. The molecule has 1 N–H and O–H groups in total. The summed E-state index contributed by atoms with van der Waals surface area (Å²) >= 11 is 0. The van der Waals surface area contributed by atoms with E-state index in [4.69, 9.17) is 4.74 Å². The SMILES string of the molecule is CCOC(=O)C(C)(C)CNCc1ccc(-c2ccccc2C#N)cc1. The number of hydrogen-bond acceptors (Lipinski definition) is 4. The van der Waals surface area contributed by atoms with Crippen molar-refractivity contribution in [3.63, 3.8) is 0 Å². The average molecular weight is 336 g/mol. The van der Waals surface area contributed by atoms with Crippen LogP contribution >= 0.6 is 0 Å². The second-order valence-electron chi connectivity index (χ2n) is 6.56. The van der Waals surface area contributed by atoms with E-state index in [1.54, 1.807) is 0 Å². The highest BCUT2D eigenvalue weighted by molar-refractivity contribution is 5.76. The van der Waals surface area contributed by atoms with Gasteiger partial charge in [-0.2, -0.15) is 5.26 Å². The average Bonchev–Trinajstić information content (AvgIpc) is 2.62. The number of nitrogens with zero attached hydrogens (tertiary/aromatic N) is 1. The Morgan fingerprint density at radius 1 is 1.16 bits per heavy atom. The van der Waals surface area contributed by atoms with E-state index >= 15 is 0 Å². The quantitative estimate of drug-likeness (QED) is 0.779. The highest BCUT2D eigenvalue weighted by Crippen LogP contribution is 2.23. The molecule has 0 aliphatic rings. The van der Waals surface area contributed by atoms with E-state index in [2.05, 4.69) is 11.4 Å². The van der Waals surface area contributed by atoms with Gasteiger partial charge < -0.3 is 10.1 Å². The summed E-state index contributed by atoms with van der Waals surface area (Å²) in [5.74, 6) is -0.189. The number of nitrogens with one attached hydrogen (secondary N) is 1. The van der Waals surface area contributed by atoms with Crippen LogP contribution in [-0.2, 0) is 16.1 Å². The molecule has 0 saturated heterocycles. The Bertz CT molecular complexity index is 758. The van der Waals surface area contributed by atoms with Crippen LogP contribution in [0.3, 0.4) is 0 Å². The van der Waals surface area contributed by atoms with Gasteiger partial charge in [-0.25, -0.2) is 0 Å². The molecular weight excluding hydrogens is 312 g/mol. The van der Waals surface area contributed by atoms with Crippen LogP contribution in [0.2, 0.25) is 0 Å². The fourth-order valence-electron chi connectivity index (χ4n) is 2.55. The Morgan fingerprint density at radius 2 is 1.84 bits per heavy atom. The second kappa shape index (κ2) is 8.46. The van der Waals surface area contributed by atoms with E-state index in [1.165, 1.54) is 0 Å². The summed E-state index contributed by atoms with van der Waals surface area (Å²) in [6.45, 7) is 7.18. The molecule has 4 nitrogen and oxygen atoms in total. The predicted octanol–water partition coefficient (Wildman–Crippen LogP) is 3.90. The van der Waals surface area contributed by atoms with Crippen molar-refractivity contribution in [2.24, 2.45) is 5.41 Å². The molecule has 25 heavy (non-hydrogen) atoms. The number of carbonyl (C=O) groups excluding carboxylic acids is 1. The number of hydrogen-bond donors (Lipinski definition) is 1. The van der Waals surface area contributed by atoms with Crippen LogP contribution in [0.1, 0.15) is 31.9 Å². The van der Waals surface area contributed by atoms with Crippen molar-refractivity contribution in [1.82, 2.24) is 5.32 Å². The molecule has 2 rings (SSSR count). The van der Waals surface area contributed by atoms with Crippen LogP contribution in [0.5, 0.6) is 0 Å². The van der Waals surface area contributed by atoms with Crippen molar-refractivity contribution in [3.05, 3.63) is 59.7 Å². The number of rotatable bonds is 7. The largest absolute Gasteiger partial charge is 0.466 e. The molecule has 0 atom stereocenters. The van der Waals surface area contributed by atoms with Crippen molar-refractivity contribution < 1.29 is 9.53 Å². The minimum absolute atomic E-state index is 0.189. The molecule has 0 spiro atoms. The van der Waals surface area contributed by atoms with Crippen LogP contribution in [0.25, 0.3) is 11.1 Å². The second-order valence-corrected chi connectivity index (χ2v) is 6.56. The predicted molar refractivity (Wildman–Crippen MR) is 98.7 cm³/mol. The maximum absolute atomic E-state index is 11.9. The fourth-order valence-corrected chi connectivity index (χ4v) is 2.55. The number of carbonyl (C=O) groups is 1. The monoisotopic (exact) mass is 336 g/mol. The normalized spacial score (nSPS) is 11.0. The zero-order valence-corrected chi connectivity index (χ0v) is 15.0. The first-order valence-electron chi connectivity index (χ1n) is 8.44. The third kappa shape index (κ3) is 4.91. The standard InChI is InChI=1S/C21H24N2O2/c1-4-25-20(24)21(2,3)15-23-14-16-9-11-17(12-10-16)19-8-6-5-7-18(19)13-22/h5-12,23H,4,14-15H2,1-3H3. The third-order valence-electron chi connectivity index (χ3n) is 4.04. The highest BCUT2D eigenvalue weighted by Gasteiger charge is 2.28. The number of nitriles is 1. The lowest BCUT2D eigenvalue weighted by Gasteiger charge is -2.22. The van der Waals surface area contributed by atoms with Gasteiger partial charge in [-0.05, 0) is 43.5 Å². The van der Waals surface area contributed by atoms with Crippen molar-refractivity contribution in [1.29, 1.82) is 5.26 Å². The zero-order chi connectivity index (χ0) is 18.3. The molecule has 0 radical (unpaired) electrons. The molecular formula is C21H24N2O2. The number of ether oxygens (including phenoxy) is 1. The summed E-state index contributed by atoms with van der Waals surface area (Å²) in [5.41, 5.74) is 3.20. The summed E-state index contributed by atoms with van der Waals surface area (Å²) in [6, 6.07) is 17.9. The van der Waals surface area contributed by atoms with Gasteiger partial charge in [0.05, 0.1) is 23.7 Å². The lowest BCUT2D eigenvalue weighted by Crippen LogP contribution is -2.37. The molecule has 2 aromatic carbocycles. The van der Waals surface area contributed by atoms with E-state index in [0.29, 0.717) is 25.3 Å². The molecule has 0 unspecified atom stereocenters. The number of esters is 1. The van der Waals surface area contributed by atoms with Crippen molar-refractivity contribution >= 4 is 5.97 Å². The first-order chi connectivity index (χ1) is 12.0. The maximum atomic E-state index is 11.9. The van der Waals surface area contributed by atoms with E-state index in [9.17, 15) is 10.1 Å². The van der Waals surface area contributed by atoms with Gasteiger partial charge in [0.2, 0.25) is 0 Å². The van der Waals surface area contributed by atoms with E-state index in [1.807, 2.05) is 69.3 Å². The van der Waals surface area contributed by atoms with Gasteiger partial charge in [-0.3, -0.25) is 4.79 Å². The first kappa shape index (κ1) is 18.7. The van der Waals surface area contributed by atoms with E-state index < -0.39 is 5.41 Å². The lowest BCUT2D eigenvalue weighted by atomic mass is 9.93. The first-order valence-corrected chi connectivity index (χ1v) is 8.44. The molecule has 0 amide bonds. The van der Waals surface area contributed by atoms with Gasteiger partial charge in [0.1, 0.15) is 0 Å². The van der Waals surface area contributed by atoms with Crippen LogP contribution in [0.4, 0.5) is 0 Å². The molecule has 4 heteroatoms. The highest BCUT2D eigenvalue weighted by atomic mass is 16.5. The number of benzene rings is 2. The van der Waals surface area contributed by atoms with Crippen LogP contribution in [0.15, 0.2) is 48.5 Å². The van der Waals surface area contributed by atoms with E-state index in [0.717, 1.165) is 16.7 Å². The molecule has 0 aromatic heterocycles. The fraction of sp³-hybridized carbons (Fsp3) is 0.333. The lowest BCUT2D eigenvalue weighted by molar-refractivity contribution is -0.153. The Balaban J connectivity index is 1.97. The smallest absolute Gasteiger partial charge is 0.312 e. The zero-order valence-electron chi connectivity index (χ0n) is 15.0. The van der Waals surface area contributed by atoms with Crippen molar-refractivity contribution in [2.75, 3.05) is 13.2 Å².